The zero-order chi connectivity index (χ0) is 20.2. The molecular formula is C22H22ClN3O3. The quantitative estimate of drug-likeness (QED) is 0.619. The first kappa shape index (κ1) is 19.5. The molecule has 150 valence electrons. The number of rotatable bonds is 5. The molecule has 0 aliphatic carbocycles. The summed E-state index contributed by atoms with van der Waals surface area (Å²) in [7, 11) is 0. The third-order valence-corrected chi connectivity index (χ3v) is 5.34. The highest BCUT2D eigenvalue weighted by Gasteiger charge is 2.27. The van der Waals surface area contributed by atoms with Gasteiger partial charge in [0.05, 0.1) is 0 Å². The van der Waals surface area contributed by atoms with Crippen LogP contribution in [-0.4, -0.2) is 40.6 Å². The second-order valence-corrected chi connectivity index (χ2v) is 7.66. The third kappa shape index (κ3) is 4.77. The Labute approximate surface area is 174 Å². The standard InChI is InChI=1S/C22H22ClN3O3/c1-15-3-2-4-17(13-15)21-24-22(29-25-21)16-9-11-26(12-10-16)20(27)14-28-19-7-5-18(23)6-8-19/h2-8,13,16H,9-12,14H2,1H3. The van der Waals surface area contributed by atoms with Crippen molar-refractivity contribution in [1.29, 1.82) is 0 Å². The number of nitrogens with zero attached hydrogens (tertiary/aromatic N) is 3. The van der Waals surface area contributed by atoms with Crippen molar-refractivity contribution in [2.24, 2.45) is 0 Å². The molecule has 1 aliphatic heterocycles. The molecular weight excluding hydrogens is 390 g/mol. The number of aryl methyl sites for hydroxylation is 1. The molecule has 0 unspecified atom stereocenters. The SMILES string of the molecule is Cc1cccc(-c2noc(C3CCN(C(=O)COc4ccc(Cl)cc4)CC3)n2)c1. The maximum absolute atomic E-state index is 12.4. The van der Waals surface area contributed by atoms with E-state index in [2.05, 4.69) is 10.1 Å². The van der Waals surface area contributed by atoms with Crippen molar-refractivity contribution in [2.75, 3.05) is 19.7 Å². The smallest absolute Gasteiger partial charge is 0.260 e. The average Bonchev–Trinajstić information content (AvgIpc) is 3.24. The number of carbonyl (C=O) groups excluding carboxylic acids is 1. The van der Waals surface area contributed by atoms with E-state index in [0.29, 0.717) is 35.6 Å². The number of ether oxygens (including phenoxy) is 1. The molecule has 1 amide bonds. The fourth-order valence-electron chi connectivity index (χ4n) is 3.45. The fraction of sp³-hybridized carbons (Fsp3) is 0.318. The monoisotopic (exact) mass is 411 g/mol. The predicted molar refractivity (Wildman–Crippen MR) is 110 cm³/mol. The van der Waals surface area contributed by atoms with Gasteiger partial charge in [0, 0.05) is 29.6 Å². The summed E-state index contributed by atoms with van der Waals surface area (Å²) in [5, 5.41) is 4.77. The van der Waals surface area contributed by atoms with Gasteiger partial charge in [-0.05, 0) is 50.1 Å². The number of carbonyl (C=O) groups is 1. The summed E-state index contributed by atoms with van der Waals surface area (Å²) in [6.07, 6.45) is 1.59. The van der Waals surface area contributed by atoms with E-state index in [1.54, 1.807) is 24.3 Å². The summed E-state index contributed by atoms with van der Waals surface area (Å²) in [6.45, 7) is 3.35. The van der Waals surface area contributed by atoms with Crippen molar-refractivity contribution in [1.82, 2.24) is 15.0 Å². The number of hydrogen-bond acceptors (Lipinski definition) is 5. The second-order valence-electron chi connectivity index (χ2n) is 7.22. The Bertz CT molecular complexity index is 979. The van der Waals surface area contributed by atoms with Crippen LogP contribution in [0.25, 0.3) is 11.4 Å². The van der Waals surface area contributed by atoms with Gasteiger partial charge in [0.25, 0.3) is 5.91 Å². The number of halogens is 1. The lowest BCUT2D eigenvalue weighted by molar-refractivity contribution is -0.134. The molecule has 0 spiro atoms. The van der Waals surface area contributed by atoms with Crippen LogP contribution in [0.3, 0.4) is 0 Å². The highest BCUT2D eigenvalue weighted by molar-refractivity contribution is 6.30. The minimum Gasteiger partial charge on any atom is -0.484 e. The lowest BCUT2D eigenvalue weighted by Crippen LogP contribution is -2.40. The number of aromatic nitrogens is 2. The van der Waals surface area contributed by atoms with Crippen LogP contribution in [0.5, 0.6) is 5.75 Å². The minimum atomic E-state index is -0.0237. The van der Waals surface area contributed by atoms with Gasteiger partial charge in [0.15, 0.2) is 6.61 Å². The molecule has 2 heterocycles. The highest BCUT2D eigenvalue weighted by Crippen LogP contribution is 2.29. The van der Waals surface area contributed by atoms with Crippen LogP contribution in [0.15, 0.2) is 53.1 Å². The van der Waals surface area contributed by atoms with Crippen molar-refractivity contribution in [2.45, 2.75) is 25.7 Å². The van der Waals surface area contributed by atoms with Gasteiger partial charge in [0.2, 0.25) is 11.7 Å². The van der Waals surface area contributed by atoms with Crippen LogP contribution < -0.4 is 4.74 Å². The average molecular weight is 412 g/mol. The molecule has 2 aromatic carbocycles. The lowest BCUT2D eigenvalue weighted by Gasteiger charge is -2.30. The topological polar surface area (TPSA) is 68.5 Å². The molecule has 1 saturated heterocycles. The first-order valence-electron chi connectivity index (χ1n) is 9.65. The maximum Gasteiger partial charge on any atom is 0.260 e. The number of likely N-dealkylation sites (tertiary alicyclic amines) is 1. The normalized spacial score (nSPS) is 14.8. The lowest BCUT2D eigenvalue weighted by atomic mass is 9.96. The molecule has 3 aromatic rings. The number of hydrogen-bond donors (Lipinski definition) is 0. The number of piperidine rings is 1. The van der Waals surface area contributed by atoms with Crippen LogP contribution >= 0.6 is 11.6 Å². The Balaban J connectivity index is 1.30. The molecule has 0 saturated carbocycles. The molecule has 1 aromatic heterocycles. The summed E-state index contributed by atoms with van der Waals surface area (Å²) < 4.78 is 11.1. The number of benzene rings is 2. The summed E-state index contributed by atoms with van der Waals surface area (Å²) in [5.41, 5.74) is 2.11. The largest absolute Gasteiger partial charge is 0.484 e. The molecule has 0 radical (unpaired) electrons. The third-order valence-electron chi connectivity index (χ3n) is 5.09. The van der Waals surface area contributed by atoms with Crippen LogP contribution in [0, 0.1) is 6.92 Å². The maximum atomic E-state index is 12.4. The Morgan fingerprint density at radius 2 is 1.97 bits per heavy atom. The Kier molecular flexibility index (Phi) is 5.81. The molecule has 1 aliphatic rings. The minimum absolute atomic E-state index is 0.0182. The summed E-state index contributed by atoms with van der Waals surface area (Å²) in [6, 6.07) is 15.0. The second kappa shape index (κ2) is 8.66. The van der Waals surface area contributed by atoms with Crippen molar-refractivity contribution in [3.8, 4) is 17.1 Å². The van der Waals surface area contributed by atoms with Crippen molar-refractivity contribution in [3.63, 3.8) is 0 Å². The molecule has 0 atom stereocenters. The number of amides is 1. The van der Waals surface area contributed by atoms with E-state index in [1.165, 1.54) is 0 Å². The summed E-state index contributed by atoms with van der Waals surface area (Å²) in [4.78, 5) is 18.8. The van der Waals surface area contributed by atoms with Crippen molar-refractivity contribution in [3.05, 3.63) is 65.0 Å². The molecule has 0 N–H and O–H groups in total. The van der Waals surface area contributed by atoms with E-state index in [9.17, 15) is 4.79 Å². The summed E-state index contributed by atoms with van der Waals surface area (Å²) in [5.74, 6) is 2.03. The zero-order valence-corrected chi connectivity index (χ0v) is 16.9. The molecule has 1 fully saturated rings. The van der Waals surface area contributed by atoms with E-state index in [1.807, 2.05) is 36.1 Å². The van der Waals surface area contributed by atoms with Crippen LogP contribution in [0.1, 0.15) is 30.2 Å². The Hall–Kier alpha value is -2.86. The molecule has 4 rings (SSSR count). The van der Waals surface area contributed by atoms with Crippen molar-refractivity contribution >= 4 is 17.5 Å². The molecule has 6 nitrogen and oxygen atoms in total. The Morgan fingerprint density at radius 3 is 2.69 bits per heavy atom. The Morgan fingerprint density at radius 1 is 1.21 bits per heavy atom. The molecule has 0 bridgehead atoms. The van der Waals surface area contributed by atoms with Gasteiger partial charge < -0.3 is 14.2 Å². The van der Waals surface area contributed by atoms with Crippen LogP contribution in [-0.2, 0) is 4.79 Å². The van der Waals surface area contributed by atoms with E-state index in [4.69, 9.17) is 20.9 Å². The van der Waals surface area contributed by atoms with Gasteiger partial charge in [-0.1, -0.05) is 40.5 Å². The molecule has 7 heteroatoms. The van der Waals surface area contributed by atoms with Crippen molar-refractivity contribution < 1.29 is 14.1 Å². The van der Waals surface area contributed by atoms with Gasteiger partial charge in [-0.3, -0.25) is 4.79 Å². The van der Waals surface area contributed by atoms with Gasteiger partial charge >= 0.3 is 0 Å². The van der Waals surface area contributed by atoms with E-state index < -0.39 is 0 Å². The van der Waals surface area contributed by atoms with Gasteiger partial charge in [-0.2, -0.15) is 4.98 Å². The highest BCUT2D eigenvalue weighted by atomic mass is 35.5. The van der Waals surface area contributed by atoms with Crippen LogP contribution in [0.2, 0.25) is 5.02 Å². The molecule has 29 heavy (non-hydrogen) atoms. The first-order valence-corrected chi connectivity index (χ1v) is 10.0. The van der Waals surface area contributed by atoms with Crippen LogP contribution in [0.4, 0.5) is 0 Å². The van der Waals surface area contributed by atoms with Gasteiger partial charge in [-0.15, -0.1) is 0 Å². The van der Waals surface area contributed by atoms with Gasteiger partial charge in [-0.25, -0.2) is 0 Å². The van der Waals surface area contributed by atoms with E-state index >= 15 is 0 Å². The van der Waals surface area contributed by atoms with E-state index in [0.717, 1.165) is 24.0 Å². The predicted octanol–water partition coefficient (Wildman–Crippen LogP) is 4.48. The first-order chi connectivity index (χ1) is 14.1. The zero-order valence-electron chi connectivity index (χ0n) is 16.2. The van der Waals surface area contributed by atoms with Gasteiger partial charge in [0.1, 0.15) is 5.75 Å². The fourth-order valence-corrected chi connectivity index (χ4v) is 3.57. The summed E-state index contributed by atoms with van der Waals surface area (Å²) >= 11 is 5.86. The van der Waals surface area contributed by atoms with E-state index in [-0.39, 0.29) is 18.4 Å².